The summed E-state index contributed by atoms with van der Waals surface area (Å²) < 4.78 is 38.4. The molecule has 9 heteroatoms. The van der Waals surface area contributed by atoms with Crippen LogP contribution in [-0.4, -0.2) is 35.2 Å². The Morgan fingerprint density at radius 1 is 1.07 bits per heavy atom. The molecule has 0 saturated heterocycles. The Balaban J connectivity index is 2.36. The molecule has 0 fully saturated rings. The third-order valence-electron chi connectivity index (χ3n) is 3.76. The Morgan fingerprint density at radius 3 is 2.22 bits per heavy atom. The number of anilines is 1. The van der Waals surface area contributed by atoms with Gasteiger partial charge in [-0.2, -0.15) is 0 Å². The lowest BCUT2D eigenvalue weighted by Crippen LogP contribution is -2.23. The SMILES string of the molecule is CCOC(=O)C(Nc1ccc(S(N)(=O)=O)cc1)c1ccc(OC)c(OC)c1. The second-order valence-electron chi connectivity index (χ2n) is 5.51. The Bertz CT molecular complexity index is 897. The van der Waals surface area contributed by atoms with Crippen molar-refractivity contribution in [3.05, 3.63) is 48.0 Å². The van der Waals surface area contributed by atoms with E-state index in [9.17, 15) is 13.2 Å². The number of carbonyl (C=O) groups excluding carboxylic acids is 1. The van der Waals surface area contributed by atoms with Crippen LogP contribution in [0.2, 0.25) is 0 Å². The quantitative estimate of drug-likeness (QED) is 0.658. The number of nitrogens with one attached hydrogen (secondary N) is 1. The summed E-state index contributed by atoms with van der Waals surface area (Å²) in [4.78, 5) is 12.4. The van der Waals surface area contributed by atoms with Gasteiger partial charge in [-0.05, 0) is 48.9 Å². The molecule has 146 valence electrons. The van der Waals surface area contributed by atoms with E-state index in [4.69, 9.17) is 19.3 Å². The smallest absolute Gasteiger partial charge is 0.333 e. The van der Waals surface area contributed by atoms with Crippen molar-refractivity contribution in [1.29, 1.82) is 0 Å². The van der Waals surface area contributed by atoms with Crippen LogP contribution in [0.3, 0.4) is 0 Å². The van der Waals surface area contributed by atoms with Gasteiger partial charge in [0.15, 0.2) is 17.5 Å². The fourth-order valence-corrected chi connectivity index (χ4v) is 2.96. The van der Waals surface area contributed by atoms with Crippen LogP contribution in [0.4, 0.5) is 5.69 Å². The van der Waals surface area contributed by atoms with Gasteiger partial charge in [-0.3, -0.25) is 0 Å². The minimum Gasteiger partial charge on any atom is -0.493 e. The number of benzene rings is 2. The molecule has 1 atom stereocenters. The van der Waals surface area contributed by atoms with Crippen molar-refractivity contribution in [1.82, 2.24) is 0 Å². The molecule has 8 nitrogen and oxygen atoms in total. The average molecular weight is 394 g/mol. The molecule has 0 radical (unpaired) electrons. The van der Waals surface area contributed by atoms with Crippen molar-refractivity contribution in [3.63, 3.8) is 0 Å². The van der Waals surface area contributed by atoms with Gasteiger partial charge in [0.1, 0.15) is 0 Å². The van der Waals surface area contributed by atoms with E-state index >= 15 is 0 Å². The van der Waals surface area contributed by atoms with E-state index in [2.05, 4.69) is 5.32 Å². The largest absolute Gasteiger partial charge is 0.493 e. The summed E-state index contributed by atoms with van der Waals surface area (Å²) >= 11 is 0. The molecular formula is C18H22N2O6S. The third-order valence-corrected chi connectivity index (χ3v) is 4.69. The lowest BCUT2D eigenvalue weighted by molar-refractivity contribution is -0.144. The summed E-state index contributed by atoms with van der Waals surface area (Å²) in [6.45, 7) is 1.93. The Morgan fingerprint density at radius 2 is 1.70 bits per heavy atom. The van der Waals surface area contributed by atoms with Crippen molar-refractivity contribution in [2.75, 3.05) is 26.1 Å². The maximum atomic E-state index is 12.5. The zero-order chi connectivity index (χ0) is 20.0. The predicted molar refractivity (Wildman–Crippen MR) is 100 cm³/mol. The lowest BCUT2D eigenvalue weighted by atomic mass is 10.1. The highest BCUT2D eigenvalue weighted by Crippen LogP contribution is 2.32. The number of carbonyl (C=O) groups is 1. The van der Waals surface area contributed by atoms with Crippen molar-refractivity contribution < 1.29 is 27.4 Å². The maximum absolute atomic E-state index is 12.5. The normalized spacial score (nSPS) is 12.1. The zero-order valence-electron chi connectivity index (χ0n) is 15.3. The highest BCUT2D eigenvalue weighted by molar-refractivity contribution is 7.89. The molecule has 1 unspecified atom stereocenters. The number of hydrogen-bond acceptors (Lipinski definition) is 7. The highest BCUT2D eigenvalue weighted by Gasteiger charge is 2.23. The molecule has 0 aromatic heterocycles. The molecule has 0 aliphatic rings. The zero-order valence-corrected chi connectivity index (χ0v) is 16.1. The second kappa shape index (κ2) is 8.74. The first-order chi connectivity index (χ1) is 12.8. The Kier molecular flexibility index (Phi) is 6.65. The van der Waals surface area contributed by atoms with Gasteiger partial charge < -0.3 is 19.5 Å². The first kappa shape index (κ1) is 20.5. The Labute approximate surface area is 158 Å². The summed E-state index contributed by atoms with van der Waals surface area (Å²) in [5.41, 5.74) is 1.12. The summed E-state index contributed by atoms with van der Waals surface area (Å²) in [6.07, 6.45) is 0. The number of ether oxygens (including phenoxy) is 3. The highest BCUT2D eigenvalue weighted by atomic mass is 32.2. The number of hydrogen-bond donors (Lipinski definition) is 2. The van der Waals surface area contributed by atoms with Crippen LogP contribution in [0.1, 0.15) is 18.5 Å². The number of rotatable bonds is 8. The molecule has 2 aromatic carbocycles. The van der Waals surface area contributed by atoms with E-state index in [0.29, 0.717) is 22.7 Å². The van der Waals surface area contributed by atoms with E-state index in [-0.39, 0.29) is 11.5 Å². The van der Waals surface area contributed by atoms with Crippen LogP contribution in [0, 0.1) is 0 Å². The van der Waals surface area contributed by atoms with Gasteiger partial charge in [-0.1, -0.05) is 6.07 Å². The van der Waals surface area contributed by atoms with Crippen molar-refractivity contribution in [2.45, 2.75) is 17.9 Å². The van der Waals surface area contributed by atoms with Gasteiger partial charge in [0.2, 0.25) is 10.0 Å². The summed E-state index contributed by atoms with van der Waals surface area (Å²) in [5.74, 6) is 0.511. The average Bonchev–Trinajstić information content (AvgIpc) is 2.65. The molecule has 0 aliphatic heterocycles. The van der Waals surface area contributed by atoms with E-state index < -0.39 is 22.0 Å². The van der Waals surface area contributed by atoms with E-state index in [0.717, 1.165) is 0 Å². The lowest BCUT2D eigenvalue weighted by Gasteiger charge is -2.20. The fourth-order valence-electron chi connectivity index (χ4n) is 2.44. The van der Waals surface area contributed by atoms with Gasteiger partial charge in [-0.25, -0.2) is 18.4 Å². The molecule has 27 heavy (non-hydrogen) atoms. The molecule has 3 N–H and O–H groups in total. The van der Waals surface area contributed by atoms with E-state index in [1.165, 1.54) is 38.5 Å². The molecule has 0 bridgehead atoms. The van der Waals surface area contributed by atoms with Crippen molar-refractivity contribution >= 4 is 21.7 Å². The minimum absolute atomic E-state index is 0.0214. The van der Waals surface area contributed by atoms with Crippen LogP contribution in [-0.2, 0) is 19.6 Å². The van der Waals surface area contributed by atoms with Gasteiger partial charge in [0.05, 0.1) is 25.7 Å². The third kappa shape index (κ3) is 5.11. The molecule has 0 aliphatic carbocycles. The number of methoxy groups -OCH3 is 2. The fraction of sp³-hybridized carbons (Fsp3) is 0.278. The van der Waals surface area contributed by atoms with Crippen molar-refractivity contribution in [2.24, 2.45) is 5.14 Å². The molecular weight excluding hydrogens is 372 g/mol. The summed E-state index contributed by atoms with van der Waals surface area (Å²) in [7, 11) is -0.772. The van der Waals surface area contributed by atoms with Gasteiger partial charge in [0, 0.05) is 5.69 Å². The Hall–Kier alpha value is -2.78. The first-order valence-corrected chi connectivity index (χ1v) is 9.62. The van der Waals surface area contributed by atoms with Crippen LogP contribution in [0.25, 0.3) is 0 Å². The molecule has 0 saturated carbocycles. The van der Waals surface area contributed by atoms with E-state index in [1.54, 1.807) is 25.1 Å². The number of sulfonamides is 1. The number of primary sulfonamides is 1. The summed E-state index contributed by atoms with van der Waals surface area (Å²) in [6, 6.07) is 10.0. The van der Waals surface area contributed by atoms with Gasteiger partial charge in [-0.15, -0.1) is 0 Å². The van der Waals surface area contributed by atoms with Crippen LogP contribution >= 0.6 is 0 Å². The monoisotopic (exact) mass is 394 g/mol. The number of nitrogens with two attached hydrogens (primary N) is 1. The molecule has 0 heterocycles. The molecule has 0 amide bonds. The summed E-state index contributed by atoms with van der Waals surface area (Å²) in [5, 5.41) is 8.14. The second-order valence-corrected chi connectivity index (χ2v) is 7.07. The maximum Gasteiger partial charge on any atom is 0.333 e. The number of esters is 1. The molecule has 0 spiro atoms. The van der Waals surface area contributed by atoms with Gasteiger partial charge in [0.25, 0.3) is 0 Å². The van der Waals surface area contributed by atoms with Crippen LogP contribution in [0.15, 0.2) is 47.4 Å². The minimum atomic E-state index is -3.79. The van der Waals surface area contributed by atoms with Gasteiger partial charge >= 0.3 is 5.97 Å². The van der Waals surface area contributed by atoms with Crippen molar-refractivity contribution in [3.8, 4) is 11.5 Å². The standard InChI is InChI=1S/C18H22N2O6S/c1-4-26-18(21)17(12-5-10-15(24-2)16(11-12)25-3)20-13-6-8-14(9-7-13)27(19,22)23/h5-11,17,20H,4H2,1-3H3,(H2,19,22,23). The van der Waals surface area contributed by atoms with Crippen LogP contribution in [0.5, 0.6) is 11.5 Å². The van der Waals surface area contributed by atoms with E-state index in [1.807, 2.05) is 0 Å². The first-order valence-electron chi connectivity index (χ1n) is 8.08. The van der Waals surface area contributed by atoms with Crippen LogP contribution < -0.4 is 19.9 Å². The molecule has 2 aromatic rings. The molecule has 2 rings (SSSR count). The topological polar surface area (TPSA) is 117 Å². The predicted octanol–water partition coefficient (Wildman–Crippen LogP) is 2.07.